The van der Waals surface area contributed by atoms with Crippen molar-refractivity contribution in [2.75, 3.05) is 0 Å². The highest BCUT2D eigenvalue weighted by atomic mass is 19.4. The summed E-state index contributed by atoms with van der Waals surface area (Å²) in [4.78, 5) is 11.9. The second-order valence-corrected chi connectivity index (χ2v) is 5.18. The number of imidazole rings is 1. The molecule has 0 N–H and O–H groups in total. The van der Waals surface area contributed by atoms with Crippen LogP contribution in [0.25, 0.3) is 5.69 Å². The average Bonchev–Trinajstić information content (AvgIpc) is 2.87. The van der Waals surface area contributed by atoms with E-state index < -0.39 is 11.7 Å². The second-order valence-electron chi connectivity index (χ2n) is 5.18. The molecule has 0 aliphatic rings. The van der Waals surface area contributed by atoms with Crippen LogP contribution in [0.4, 0.5) is 13.2 Å². The highest BCUT2D eigenvalue weighted by Crippen LogP contribution is 2.32. The smallest absolute Gasteiger partial charge is 0.416 e. The van der Waals surface area contributed by atoms with Gasteiger partial charge in [-0.1, -0.05) is 6.07 Å². The normalized spacial score (nSPS) is 11.5. The molecule has 0 bridgehead atoms. The minimum atomic E-state index is -4.42. The Kier molecular flexibility index (Phi) is 3.92. The van der Waals surface area contributed by atoms with Gasteiger partial charge in [0, 0.05) is 19.4 Å². The molecule has 0 radical (unpaired) electrons. The SMILES string of the molecule is Cn1ccn(-c2ccc(Oc3cccc(C(F)(F)F)c3)cc2)c1=O. The van der Waals surface area contributed by atoms with Crippen LogP contribution in [-0.2, 0) is 13.2 Å². The molecule has 24 heavy (non-hydrogen) atoms. The topological polar surface area (TPSA) is 36.2 Å². The molecule has 0 unspecified atom stereocenters. The molecule has 3 aromatic rings. The third-order valence-corrected chi connectivity index (χ3v) is 3.46. The third kappa shape index (κ3) is 3.19. The van der Waals surface area contributed by atoms with Crippen LogP contribution < -0.4 is 10.4 Å². The van der Waals surface area contributed by atoms with E-state index in [-0.39, 0.29) is 11.4 Å². The van der Waals surface area contributed by atoms with Gasteiger partial charge in [-0.2, -0.15) is 13.2 Å². The number of hydrogen-bond donors (Lipinski definition) is 0. The molecule has 7 heteroatoms. The van der Waals surface area contributed by atoms with Crippen molar-refractivity contribution in [3.8, 4) is 17.2 Å². The lowest BCUT2D eigenvalue weighted by atomic mass is 10.2. The Morgan fingerprint density at radius 3 is 2.25 bits per heavy atom. The Labute approximate surface area is 135 Å². The minimum absolute atomic E-state index is 0.0921. The molecule has 0 fully saturated rings. The van der Waals surface area contributed by atoms with E-state index in [0.29, 0.717) is 11.4 Å². The number of rotatable bonds is 3. The van der Waals surface area contributed by atoms with Gasteiger partial charge in [-0.15, -0.1) is 0 Å². The van der Waals surface area contributed by atoms with Crippen molar-refractivity contribution in [1.29, 1.82) is 0 Å². The van der Waals surface area contributed by atoms with Crippen LogP contribution in [0.2, 0.25) is 0 Å². The molecule has 0 spiro atoms. The summed E-state index contributed by atoms with van der Waals surface area (Å²) >= 11 is 0. The summed E-state index contributed by atoms with van der Waals surface area (Å²) in [6, 6.07) is 11.2. The lowest BCUT2D eigenvalue weighted by Crippen LogP contribution is -2.20. The van der Waals surface area contributed by atoms with Gasteiger partial charge in [0.15, 0.2) is 0 Å². The lowest BCUT2D eigenvalue weighted by Gasteiger charge is -2.10. The van der Waals surface area contributed by atoms with Gasteiger partial charge in [-0.05, 0) is 42.5 Å². The molecule has 124 valence electrons. The summed E-state index contributed by atoms with van der Waals surface area (Å²) in [5.41, 5.74) is -0.328. The van der Waals surface area contributed by atoms with E-state index in [4.69, 9.17) is 4.74 Å². The molecule has 0 saturated heterocycles. The van der Waals surface area contributed by atoms with E-state index in [2.05, 4.69) is 0 Å². The summed E-state index contributed by atoms with van der Waals surface area (Å²) in [5.74, 6) is 0.469. The number of hydrogen-bond acceptors (Lipinski definition) is 2. The third-order valence-electron chi connectivity index (χ3n) is 3.46. The van der Waals surface area contributed by atoms with Gasteiger partial charge in [0.1, 0.15) is 11.5 Å². The Balaban J connectivity index is 1.82. The molecule has 0 aliphatic carbocycles. The zero-order valence-corrected chi connectivity index (χ0v) is 12.6. The van der Waals surface area contributed by atoms with E-state index in [1.165, 1.54) is 21.3 Å². The quantitative estimate of drug-likeness (QED) is 0.726. The van der Waals surface area contributed by atoms with E-state index in [1.54, 1.807) is 43.7 Å². The van der Waals surface area contributed by atoms with Gasteiger partial charge >= 0.3 is 11.9 Å². The average molecular weight is 334 g/mol. The maximum Gasteiger partial charge on any atom is 0.416 e. The molecule has 4 nitrogen and oxygen atoms in total. The van der Waals surface area contributed by atoms with Gasteiger partial charge < -0.3 is 9.30 Å². The van der Waals surface area contributed by atoms with Gasteiger partial charge in [0.2, 0.25) is 0 Å². The number of ether oxygens (including phenoxy) is 1. The van der Waals surface area contributed by atoms with Crippen molar-refractivity contribution in [3.05, 3.63) is 77.0 Å². The summed E-state index contributed by atoms with van der Waals surface area (Å²) < 4.78 is 46.4. The largest absolute Gasteiger partial charge is 0.457 e. The zero-order chi connectivity index (χ0) is 17.3. The van der Waals surface area contributed by atoms with Gasteiger partial charge in [-0.3, -0.25) is 4.57 Å². The Bertz CT molecular complexity index is 909. The number of halogens is 3. The zero-order valence-electron chi connectivity index (χ0n) is 12.6. The summed E-state index contributed by atoms with van der Waals surface area (Å²) in [6.07, 6.45) is -1.15. The maximum atomic E-state index is 12.7. The van der Waals surface area contributed by atoms with Crippen molar-refractivity contribution >= 4 is 0 Å². The Morgan fingerprint density at radius 2 is 1.67 bits per heavy atom. The maximum absolute atomic E-state index is 12.7. The predicted molar refractivity (Wildman–Crippen MR) is 82.5 cm³/mol. The van der Waals surface area contributed by atoms with Crippen LogP contribution in [0.15, 0.2) is 65.7 Å². The monoisotopic (exact) mass is 334 g/mol. The van der Waals surface area contributed by atoms with Gasteiger partial charge in [-0.25, -0.2) is 4.79 Å². The molecule has 0 atom stereocenters. The van der Waals surface area contributed by atoms with Crippen molar-refractivity contribution < 1.29 is 17.9 Å². The molecular formula is C17H13F3N2O2. The number of alkyl halides is 3. The first kappa shape index (κ1) is 15.9. The van der Waals surface area contributed by atoms with Crippen LogP contribution in [0, 0.1) is 0 Å². The fourth-order valence-corrected chi connectivity index (χ4v) is 2.21. The number of aromatic nitrogens is 2. The van der Waals surface area contributed by atoms with Gasteiger partial charge in [0.05, 0.1) is 11.3 Å². The van der Waals surface area contributed by atoms with E-state index in [0.717, 1.165) is 12.1 Å². The molecule has 0 aliphatic heterocycles. The molecule has 0 saturated carbocycles. The molecular weight excluding hydrogens is 321 g/mol. The molecule has 1 heterocycles. The minimum Gasteiger partial charge on any atom is -0.457 e. The van der Waals surface area contributed by atoms with Gasteiger partial charge in [0.25, 0.3) is 0 Å². The molecule has 1 aromatic heterocycles. The predicted octanol–water partition coefficient (Wildman–Crippen LogP) is 3.99. The fourth-order valence-electron chi connectivity index (χ4n) is 2.21. The van der Waals surface area contributed by atoms with Crippen molar-refractivity contribution in [2.24, 2.45) is 7.05 Å². The van der Waals surface area contributed by atoms with Crippen LogP contribution in [0.3, 0.4) is 0 Å². The molecule has 2 aromatic carbocycles. The highest BCUT2D eigenvalue weighted by molar-refractivity contribution is 5.40. The highest BCUT2D eigenvalue weighted by Gasteiger charge is 2.30. The van der Waals surface area contributed by atoms with Crippen LogP contribution in [-0.4, -0.2) is 9.13 Å². The first-order valence-corrected chi connectivity index (χ1v) is 7.04. The molecule has 0 amide bonds. The molecule has 3 rings (SSSR count). The van der Waals surface area contributed by atoms with Crippen LogP contribution in [0.5, 0.6) is 11.5 Å². The number of aryl methyl sites for hydroxylation is 1. The van der Waals surface area contributed by atoms with Crippen LogP contribution in [0.1, 0.15) is 5.56 Å². The second kappa shape index (κ2) is 5.92. The van der Waals surface area contributed by atoms with E-state index >= 15 is 0 Å². The number of benzene rings is 2. The van der Waals surface area contributed by atoms with E-state index in [9.17, 15) is 18.0 Å². The van der Waals surface area contributed by atoms with Crippen molar-refractivity contribution in [3.63, 3.8) is 0 Å². The Morgan fingerprint density at radius 1 is 0.958 bits per heavy atom. The number of nitrogens with zero attached hydrogens (tertiary/aromatic N) is 2. The first-order valence-electron chi connectivity index (χ1n) is 7.04. The fraction of sp³-hybridized carbons (Fsp3) is 0.118. The standard InChI is InChI=1S/C17H13F3N2O2/c1-21-9-10-22(16(21)23)13-5-7-14(8-6-13)24-15-4-2-3-12(11-15)17(18,19)20/h2-11H,1H3. The van der Waals surface area contributed by atoms with Crippen molar-refractivity contribution in [2.45, 2.75) is 6.18 Å². The van der Waals surface area contributed by atoms with Crippen LogP contribution >= 0.6 is 0 Å². The van der Waals surface area contributed by atoms with Crippen molar-refractivity contribution in [1.82, 2.24) is 9.13 Å². The summed E-state index contributed by atoms with van der Waals surface area (Å²) in [6.45, 7) is 0. The lowest BCUT2D eigenvalue weighted by molar-refractivity contribution is -0.137. The summed E-state index contributed by atoms with van der Waals surface area (Å²) in [5, 5.41) is 0. The Hall–Kier alpha value is -2.96. The van der Waals surface area contributed by atoms with E-state index in [1.807, 2.05) is 0 Å². The summed E-state index contributed by atoms with van der Waals surface area (Å²) in [7, 11) is 1.64. The first-order chi connectivity index (χ1) is 11.3.